The maximum absolute atomic E-state index is 13.1. The fraction of sp³-hybridized carbons (Fsp3) is 0.222. The quantitative estimate of drug-likeness (QED) is 0.440. The predicted molar refractivity (Wildman–Crippen MR) is 46.6 cm³/mol. The molecule has 1 N–H and O–H groups in total. The van der Waals surface area contributed by atoms with Crippen LogP contribution in [-0.4, -0.2) is 24.6 Å². The first-order chi connectivity index (χ1) is 6.29. The van der Waals surface area contributed by atoms with Gasteiger partial charge in [-0.2, -0.15) is 0 Å². The van der Waals surface area contributed by atoms with Gasteiger partial charge in [-0.05, 0) is 12.1 Å². The fourth-order valence-corrected chi connectivity index (χ4v) is 0.992. The summed E-state index contributed by atoms with van der Waals surface area (Å²) in [6.07, 6.45) is 0. The van der Waals surface area contributed by atoms with Gasteiger partial charge in [-0.3, -0.25) is 0 Å². The van der Waals surface area contributed by atoms with Crippen LogP contribution in [0.5, 0.6) is 0 Å². The largest absolute Gasteiger partial charge is 0.411 e. The lowest BCUT2D eigenvalue weighted by molar-refractivity contribution is 0.237. The van der Waals surface area contributed by atoms with Crippen molar-refractivity contribution in [2.45, 2.75) is 0 Å². The zero-order valence-corrected chi connectivity index (χ0v) is 7.20. The molecule has 0 aliphatic heterocycles. The van der Waals surface area contributed by atoms with Crippen molar-refractivity contribution in [3.63, 3.8) is 0 Å². The Morgan fingerprint density at radius 3 is 2.77 bits per heavy atom. The van der Waals surface area contributed by atoms with Crippen molar-refractivity contribution in [2.75, 3.05) is 13.7 Å². The fourth-order valence-electron chi connectivity index (χ4n) is 0.992. The first-order valence-corrected chi connectivity index (χ1v) is 3.74. The van der Waals surface area contributed by atoms with Crippen LogP contribution in [0.1, 0.15) is 5.56 Å². The lowest BCUT2D eigenvalue weighted by Crippen LogP contribution is -2.10. The van der Waals surface area contributed by atoms with Crippen molar-refractivity contribution in [1.82, 2.24) is 0 Å². The van der Waals surface area contributed by atoms with Crippen LogP contribution in [-0.2, 0) is 4.74 Å². The Morgan fingerprint density at radius 2 is 2.23 bits per heavy atom. The van der Waals surface area contributed by atoms with Crippen molar-refractivity contribution in [3.8, 4) is 0 Å². The van der Waals surface area contributed by atoms with Crippen LogP contribution in [0, 0.1) is 5.82 Å². The third-order valence-corrected chi connectivity index (χ3v) is 1.59. The smallest absolute Gasteiger partial charge is 0.132 e. The van der Waals surface area contributed by atoms with Crippen LogP contribution in [0.4, 0.5) is 4.39 Å². The molecule has 0 unspecified atom stereocenters. The van der Waals surface area contributed by atoms with Gasteiger partial charge in [0.05, 0.1) is 6.61 Å². The molecule has 0 fully saturated rings. The Labute approximate surface area is 75.4 Å². The molecule has 0 heterocycles. The van der Waals surface area contributed by atoms with E-state index in [1.54, 1.807) is 12.1 Å². The summed E-state index contributed by atoms with van der Waals surface area (Å²) >= 11 is 0. The van der Waals surface area contributed by atoms with Crippen molar-refractivity contribution >= 4 is 5.71 Å². The standard InChI is InChI=1S/C9H10FNO2/c1-13-6-9(11-12)7-4-2-3-5-8(7)10/h2-5,12H,6H2,1H3/b11-9+. The minimum Gasteiger partial charge on any atom is -0.411 e. The second-order valence-corrected chi connectivity index (χ2v) is 2.46. The number of rotatable bonds is 3. The Morgan fingerprint density at radius 1 is 1.54 bits per heavy atom. The highest BCUT2D eigenvalue weighted by molar-refractivity contribution is 6.01. The summed E-state index contributed by atoms with van der Waals surface area (Å²) in [5.74, 6) is -0.424. The number of halogens is 1. The van der Waals surface area contributed by atoms with Gasteiger partial charge in [0.2, 0.25) is 0 Å². The molecule has 0 spiro atoms. The second kappa shape index (κ2) is 4.57. The van der Waals surface area contributed by atoms with Gasteiger partial charge in [0.25, 0.3) is 0 Å². The average molecular weight is 183 g/mol. The summed E-state index contributed by atoms with van der Waals surface area (Å²) in [5, 5.41) is 11.5. The zero-order valence-electron chi connectivity index (χ0n) is 7.20. The Bertz CT molecular complexity index is 312. The van der Waals surface area contributed by atoms with Gasteiger partial charge in [-0.1, -0.05) is 17.3 Å². The van der Waals surface area contributed by atoms with E-state index in [4.69, 9.17) is 9.94 Å². The van der Waals surface area contributed by atoms with Gasteiger partial charge in [0.1, 0.15) is 11.5 Å². The molecule has 0 atom stereocenters. The molecular formula is C9H10FNO2. The first-order valence-electron chi connectivity index (χ1n) is 3.74. The van der Waals surface area contributed by atoms with Gasteiger partial charge < -0.3 is 9.94 Å². The number of hydrogen-bond acceptors (Lipinski definition) is 3. The average Bonchev–Trinajstić information content (AvgIpc) is 2.16. The number of methoxy groups -OCH3 is 1. The van der Waals surface area contributed by atoms with Gasteiger partial charge >= 0.3 is 0 Å². The van der Waals surface area contributed by atoms with E-state index in [9.17, 15) is 4.39 Å². The molecule has 0 saturated heterocycles. The first kappa shape index (κ1) is 9.67. The van der Waals surface area contributed by atoms with Crippen LogP contribution < -0.4 is 0 Å². The molecule has 4 heteroatoms. The van der Waals surface area contributed by atoms with E-state index in [0.29, 0.717) is 0 Å². The third-order valence-electron chi connectivity index (χ3n) is 1.59. The van der Waals surface area contributed by atoms with Gasteiger partial charge in [-0.15, -0.1) is 0 Å². The van der Waals surface area contributed by atoms with Crippen LogP contribution in [0.25, 0.3) is 0 Å². The van der Waals surface area contributed by atoms with Crippen LogP contribution in [0.3, 0.4) is 0 Å². The highest BCUT2D eigenvalue weighted by atomic mass is 19.1. The maximum Gasteiger partial charge on any atom is 0.132 e. The molecule has 1 aromatic carbocycles. The van der Waals surface area contributed by atoms with Gasteiger partial charge in [0, 0.05) is 12.7 Å². The summed E-state index contributed by atoms with van der Waals surface area (Å²) in [7, 11) is 1.45. The number of hydrogen-bond donors (Lipinski definition) is 1. The van der Waals surface area contributed by atoms with Crippen LogP contribution in [0.2, 0.25) is 0 Å². The summed E-state index contributed by atoms with van der Waals surface area (Å²) in [4.78, 5) is 0. The SMILES string of the molecule is COC/C(=N\O)c1ccccc1F. The molecule has 0 saturated carbocycles. The van der Waals surface area contributed by atoms with E-state index in [1.807, 2.05) is 0 Å². The Balaban J connectivity index is 2.99. The second-order valence-electron chi connectivity index (χ2n) is 2.46. The van der Waals surface area contributed by atoms with Gasteiger partial charge in [-0.25, -0.2) is 4.39 Å². The highest BCUT2D eigenvalue weighted by Gasteiger charge is 2.08. The number of benzene rings is 1. The molecule has 3 nitrogen and oxygen atoms in total. The molecule has 0 aliphatic carbocycles. The lowest BCUT2D eigenvalue weighted by atomic mass is 10.1. The Kier molecular flexibility index (Phi) is 3.40. The molecular weight excluding hydrogens is 173 g/mol. The molecule has 1 aromatic rings. The van der Waals surface area contributed by atoms with E-state index in [-0.39, 0.29) is 17.9 Å². The molecule has 1 rings (SSSR count). The molecule has 0 amide bonds. The van der Waals surface area contributed by atoms with Crippen molar-refractivity contribution in [2.24, 2.45) is 5.16 Å². The molecule has 70 valence electrons. The Hall–Kier alpha value is -1.42. The molecule has 0 bridgehead atoms. The summed E-state index contributed by atoms with van der Waals surface area (Å²) in [6, 6.07) is 6.07. The number of oxime groups is 1. The molecule has 0 radical (unpaired) electrons. The van der Waals surface area contributed by atoms with E-state index in [0.717, 1.165) is 0 Å². The normalized spacial score (nSPS) is 11.7. The molecule has 13 heavy (non-hydrogen) atoms. The lowest BCUT2D eigenvalue weighted by Gasteiger charge is -2.03. The minimum absolute atomic E-state index is 0.0808. The van der Waals surface area contributed by atoms with E-state index in [2.05, 4.69) is 5.16 Å². The maximum atomic E-state index is 13.1. The predicted octanol–water partition coefficient (Wildman–Crippen LogP) is 1.65. The number of ether oxygens (including phenoxy) is 1. The molecule has 0 aliphatic rings. The van der Waals surface area contributed by atoms with Crippen molar-refractivity contribution < 1.29 is 14.3 Å². The van der Waals surface area contributed by atoms with Crippen LogP contribution >= 0.6 is 0 Å². The van der Waals surface area contributed by atoms with E-state index >= 15 is 0 Å². The summed E-state index contributed by atoms with van der Waals surface area (Å²) < 4.78 is 17.8. The monoisotopic (exact) mass is 183 g/mol. The van der Waals surface area contributed by atoms with Crippen molar-refractivity contribution in [1.29, 1.82) is 0 Å². The summed E-state index contributed by atoms with van der Waals surface area (Å²) in [5.41, 5.74) is 0.437. The highest BCUT2D eigenvalue weighted by Crippen LogP contribution is 2.07. The zero-order chi connectivity index (χ0) is 9.68. The topological polar surface area (TPSA) is 41.8 Å². The number of nitrogens with zero attached hydrogens (tertiary/aromatic N) is 1. The van der Waals surface area contributed by atoms with E-state index < -0.39 is 5.82 Å². The minimum atomic E-state index is -0.424. The summed E-state index contributed by atoms with van der Waals surface area (Å²) in [6.45, 7) is 0.0808. The van der Waals surface area contributed by atoms with Crippen LogP contribution in [0.15, 0.2) is 29.4 Å². The third kappa shape index (κ3) is 2.26. The van der Waals surface area contributed by atoms with Crippen molar-refractivity contribution in [3.05, 3.63) is 35.6 Å². The van der Waals surface area contributed by atoms with E-state index in [1.165, 1.54) is 19.2 Å². The molecule has 0 aromatic heterocycles. The van der Waals surface area contributed by atoms with Gasteiger partial charge in [0.15, 0.2) is 0 Å².